The molecule has 0 amide bonds. The monoisotopic (exact) mass is 726 g/mol. The maximum absolute atomic E-state index is 13.1. The fourth-order valence-electron chi connectivity index (χ4n) is 5.25. The Morgan fingerprint density at radius 2 is 1.69 bits per heavy atom. The second kappa shape index (κ2) is 8.85. The van der Waals surface area contributed by atoms with Gasteiger partial charge in [0.1, 0.15) is 29.3 Å². The lowest BCUT2D eigenvalue weighted by atomic mass is 9.78. The van der Waals surface area contributed by atoms with Gasteiger partial charge in [0.25, 0.3) is 10.1 Å². The van der Waals surface area contributed by atoms with Crippen molar-refractivity contribution < 1.29 is 46.7 Å². The van der Waals surface area contributed by atoms with Gasteiger partial charge in [0, 0.05) is 15.4 Å². The van der Waals surface area contributed by atoms with E-state index >= 15 is 0 Å². The zero-order valence-corrected chi connectivity index (χ0v) is 22.6. The normalized spacial score (nSPS) is 28.6. The average Bonchev–Trinajstić information content (AvgIpc) is 3.40. The van der Waals surface area contributed by atoms with Crippen molar-refractivity contribution in [1.82, 2.24) is 0 Å². The molecule has 13 heteroatoms. The third-order valence-electron chi connectivity index (χ3n) is 6.68. The van der Waals surface area contributed by atoms with E-state index in [-0.39, 0.29) is 27.9 Å². The molecule has 1 aliphatic heterocycles. The number of carbonyl (C=O) groups excluding carboxylic acids is 3. The number of phenolic OH excluding ortho intramolecular Hbond substituents is 1. The van der Waals surface area contributed by atoms with Crippen LogP contribution in [0.1, 0.15) is 16.8 Å². The second-order valence-electron chi connectivity index (χ2n) is 8.51. The molecule has 2 bridgehead atoms. The average molecular weight is 726 g/mol. The van der Waals surface area contributed by atoms with E-state index in [1.165, 1.54) is 12.1 Å². The van der Waals surface area contributed by atoms with Crippen molar-refractivity contribution in [3.8, 4) is 11.5 Å². The molecule has 2 aromatic rings. The number of aromatic hydroxyl groups is 1. The molecule has 5 rings (SSSR count). The number of hydrogen-bond donors (Lipinski definition) is 2. The van der Waals surface area contributed by atoms with Crippen molar-refractivity contribution in [2.24, 2.45) is 23.7 Å². The van der Waals surface area contributed by atoms with Gasteiger partial charge in [-0.2, -0.15) is 8.42 Å². The summed E-state index contributed by atoms with van der Waals surface area (Å²) in [6, 6.07) is 7.91. The Balaban J connectivity index is 1.38. The zero-order chi connectivity index (χ0) is 25.2. The Hall–Kier alpha value is -1.98. The summed E-state index contributed by atoms with van der Waals surface area (Å²) in [5, 5.41) is 10.4. The van der Waals surface area contributed by atoms with Crippen molar-refractivity contribution in [2.75, 3.05) is 0 Å². The van der Waals surface area contributed by atoms with Crippen molar-refractivity contribution in [3.05, 3.63) is 49.1 Å². The molecule has 0 aromatic heterocycles. The van der Waals surface area contributed by atoms with Crippen molar-refractivity contribution in [1.29, 1.82) is 0 Å². The lowest BCUT2D eigenvalue weighted by molar-refractivity contribution is -0.149. The molecule has 1 saturated heterocycles. The number of ether oxygens (including phenoxy) is 3. The van der Waals surface area contributed by atoms with Crippen LogP contribution in [0.2, 0.25) is 0 Å². The SMILES string of the molecule is O=C(OC1C2CC3C1OC(=O)C3C2C(=O)Oc1ccc(S(=O)(=O)O)cc1)c1c(I)ccc(I)c1O. The quantitative estimate of drug-likeness (QED) is 0.204. The number of fused-ring (bicyclic) bond motifs is 1. The van der Waals surface area contributed by atoms with Crippen LogP contribution in [0.4, 0.5) is 0 Å². The van der Waals surface area contributed by atoms with Crippen LogP contribution in [0, 0.1) is 30.8 Å². The number of hydrogen-bond acceptors (Lipinski definition) is 9. The fourth-order valence-corrected chi connectivity index (χ4v) is 6.84. The minimum absolute atomic E-state index is 0.000742. The molecule has 3 aliphatic rings. The summed E-state index contributed by atoms with van der Waals surface area (Å²) in [6.07, 6.45) is -1.14. The second-order valence-corrected chi connectivity index (χ2v) is 12.3. The Morgan fingerprint density at radius 3 is 2.34 bits per heavy atom. The molecule has 2 saturated carbocycles. The molecular formula is C22H16I2O10S. The molecule has 184 valence electrons. The summed E-state index contributed by atoms with van der Waals surface area (Å²) in [4.78, 5) is 38.3. The number of esters is 3. The number of carbonyl (C=O) groups is 3. The van der Waals surface area contributed by atoms with Gasteiger partial charge in [0.15, 0.2) is 0 Å². The van der Waals surface area contributed by atoms with Gasteiger partial charge in [-0.25, -0.2) is 4.79 Å². The summed E-state index contributed by atoms with van der Waals surface area (Å²) in [5.74, 6) is -4.74. The first-order valence-electron chi connectivity index (χ1n) is 10.3. The summed E-state index contributed by atoms with van der Waals surface area (Å²) in [7, 11) is -4.40. The number of halogens is 2. The molecule has 2 N–H and O–H groups in total. The van der Waals surface area contributed by atoms with Gasteiger partial charge in [0.2, 0.25) is 0 Å². The lowest BCUT2D eigenvalue weighted by Crippen LogP contribution is -2.44. The van der Waals surface area contributed by atoms with Crippen molar-refractivity contribution >= 4 is 73.2 Å². The van der Waals surface area contributed by atoms with Gasteiger partial charge in [-0.05, 0) is 88.0 Å². The highest BCUT2D eigenvalue weighted by molar-refractivity contribution is 14.1. The molecular weight excluding hydrogens is 710 g/mol. The Morgan fingerprint density at radius 1 is 1.03 bits per heavy atom. The van der Waals surface area contributed by atoms with Crippen LogP contribution < -0.4 is 4.74 Å². The van der Waals surface area contributed by atoms with E-state index in [0.29, 0.717) is 13.6 Å². The Kier molecular flexibility index (Phi) is 6.24. The minimum atomic E-state index is -4.40. The van der Waals surface area contributed by atoms with Crippen LogP contribution in [0.25, 0.3) is 0 Å². The molecule has 6 atom stereocenters. The minimum Gasteiger partial charge on any atom is -0.506 e. The molecule has 2 aliphatic carbocycles. The van der Waals surface area contributed by atoms with Crippen LogP contribution in [0.3, 0.4) is 0 Å². The zero-order valence-electron chi connectivity index (χ0n) is 17.5. The molecule has 10 nitrogen and oxygen atoms in total. The summed E-state index contributed by atoms with van der Waals surface area (Å²) >= 11 is 3.80. The van der Waals surface area contributed by atoms with Crippen molar-refractivity contribution in [3.63, 3.8) is 0 Å². The van der Waals surface area contributed by atoms with Crippen LogP contribution in [-0.4, -0.2) is 48.2 Å². The molecule has 6 unspecified atom stereocenters. The van der Waals surface area contributed by atoms with E-state index in [1.54, 1.807) is 12.1 Å². The topological polar surface area (TPSA) is 153 Å². The predicted octanol–water partition coefficient (Wildman–Crippen LogP) is 2.79. The van der Waals surface area contributed by atoms with Crippen LogP contribution in [0.5, 0.6) is 11.5 Å². The largest absolute Gasteiger partial charge is 0.506 e. The lowest BCUT2D eigenvalue weighted by Gasteiger charge is -2.30. The molecule has 0 spiro atoms. The van der Waals surface area contributed by atoms with Crippen molar-refractivity contribution in [2.45, 2.75) is 23.5 Å². The van der Waals surface area contributed by atoms with E-state index in [0.717, 1.165) is 12.1 Å². The highest BCUT2D eigenvalue weighted by Crippen LogP contribution is 2.59. The standard InChI is InChI=1S/C22H16I2O10S/c23-12-5-6-13(24)17(25)16(12)22(28)34-19-10-7-11-15(21(27)33-18(11)19)14(10)20(26)32-8-1-3-9(4-2-8)35(29,30)31/h1-6,10-11,14-15,18-19,25H,7H2,(H,29,30,31). The first-order chi connectivity index (χ1) is 16.5. The smallest absolute Gasteiger partial charge is 0.343 e. The summed E-state index contributed by atoms with van der Waals surface area (Å²) in [6.45, 7) is 0. The van der Waals surface area contributed by atoms with Gasteiger partial charge in [0.05, 0.1) is 20.3 Å². The van der Waals surface area contributed by atoms with Crippen LogP contribution in [0.15, 0.2) is 41.3 Å². The van der Waals surface area contributed by atoms with E-state index in [9.17, 15) is 27.9 Å². The van der Waals surface area contributed by atoms with Crippen LogP contribution >= 0.6 is 45.2 Å². The van der Waals surface area contributed by atoms with E-state index in [4.69, 9.17) is 18.8 Å². The molecule has 1 heterocycles. The van der Waals surface area contributed by atoms with Gasteiger partial charge in [-0.15, -0.1) is 0 Å². The maximum Gasteiger partial charge on any atom is 0.343 e. The molecule has 35 heavy (non-hydrogen) atoms. The van der Waals surface area contributed by atoms with Gasteiger partial charge >= 0.3 is 17.9 Å². The first-order valence-corrected chi connectivity index (χ1v) is 13.9. The van der Waals surface area contributed by atoms with E-state index in [1.807, 2.05) is 45.2 Å². The van der Waals surface area contributed by atoms with Gasteiger partial charge in [-0.3, -0.25) is 14.1 Å². The first kappa shape index (κ1) is 24.7. The van der Waals surface area contributed by atoms with Crippen LogP contribution in [-0.2, 0) is 29.2 Å². The third-order valence-corrected chi connectivity index (χ3v) is 9.32. The molecule has 0 radical (unpaired) electrons. The third kappa shape index (κ3) is 4.19. The van der Waals surface area contributed by atoms with E-state index in [2.05, 4.69) is 0 Å². The summed E-state index contributed by atoms with van der Waals surface area (Å²) in [5.41, 5.74) is -0.000742. The highest BCUT2D eigenvalue weighted by atomic mass is 127. The molecule has 2 aromatic carbocycles. The Labute approximate surface area is 226 Å². The molecule has 3 fully saturated rings. The van der Waals surface area contributed by atoms with Gasteiger partial charge in [-0.1, -0.05) is 0 Å². The highest BCUT2D eigenvalue weighted by Gasteiger charge is 2.70. The number of benzene rings is 2. The Bertz CT molecular complexity index is 1360. The number of rotatable bonds is 5. The fraction of sp³-hybridized carbons (Fsp3) is 0.318. The predicted molar refractivity (Wildman–Crippen MR) is 133 cm³/mol. The summed E-state index contributed by atoms with van der Waals surface area (Å²) < 4.78 is 49.1. The number of phenols is 1. The maximum atomic E-state index is 13.1. The van der Waals surface area contributed by atoms with E-state index < -0.39 is 58.0 Å². The van der Waals surface area contributed by atoms with Gasteiger partial charge < -0.3 is 19.3 Å².